The number of nitrogens with zero attached hydrogens (tertiary/aromatic N) is 1. The number of carboxylic acid groups (broad SMARTS) is 1. The first-order valence-corrected chi connectivity index (χ1v) is 3.94. The molecule has 0 saturated carbocycles. The van der Waals surface area contributed by atoms with E-state index >= 15 is 0 Å². The van der Waals surface area contributed by atoms with Crippen LogP contribution in [0.4, 0.5) is 9.18 Å². The Bertz CT molecular complexity index is 169. The Balaban J connectivity index is 2.39. The zero-order valence-corrected chi connectivity index (χ0v) is 6.96. The van der Waals surface area contributed by atoms with Gasteiger partial charge in [-0.2, -0.15) is 0 Å². The summed E-state index contributed by atoms with van der Waals surface area (Å²) in [4.78, 5) is 11.6. The van der Waals surface area contributed by atoms with Crippen molar-refractivity contribution in [3.05, 3.63) is 0 Å². The van der Waals surface area contributed by atoms with Crippen LogP contribution in [0.3, 0.4) is 0 Å². The molecule has 0 bridgehead atoms. The highest BCUT2D eigenvalue weighted by Gasteiger charge is 2.25. The largest absolute Gasteiger partial charge is 0.465 e. The van der Waals surface area contributed by atoms with Gasteiger partial charge in [-0.15, -0.1) is 0 Å². The van der Waals surface area contributed by atoms with Gasteiger partial charge in [0.25, 0.3) is 0 Å². The van der Waals surface area contributed by atoms with Crippen molar-refractivity contribution in [2.75, 3.05) is 13.6 Å². The third-order valence-corrected chi connectivity index (χ3v) is 2.10. The first kappa shape index (κ1) is 9.25. The summed E-state index contributed by atoms with van der Waals surface area (Å²) in [6.45, 7) is 0.252. The normalized spacial score (nSPS) is 29.8. The smallest absolute Gasteiger partial charge is 0.408 e. The Kier molecular flexibility index (Phi) is 2.86. The zero-order chi connectivity index (χ0) is 9.14. The fraction of sp³-hybridized carbons (Fsp3) is 0.857. The molecule has 0 aromatic rings. The number of hydrogen-bond donors (Lipinski definition) is 2. The average Bonchev–Trinajstić information content (AvgIpc) is 2.04. The summed E-state index contributed by atoms with van der Waals surface area (Å²) >= 11 is 0. The van der Waals surface area contributed by atoms with Crippen LogP contribution < -0.4 is 5.32 Å². The molecule has 1 aliphatic rings. The number of carbonyl (C=O) groups is 1. The van der Waals surface area contributed by atoms with E-state index in [1.165, 1.54) is 11.9 Å². The van der Waals surface area contributed by atoms with Crippen LogP contribution in [-0.2, 0) is 0 Å². The lowest BCUT2D eigenvalue weighted by molar-refractivity contribution is 0.103. The number of halogens is 1. The summed E-state index contributed by atoms with van der Waals surface area (Å²) in [6, 6.07) is 0. The van der Waals surface area contributed by atoms with E-state index in [0.717, 1.165) is 0 Å². The van der Waals surface area contributed by atoms with Gasteiger partial charge in [-0.3, -0.25) is 10.2 Å². The van der Waals surface area contributed by atoms with Crippen molar-refractivity contribution in [2.24, 2.45) is 0 Å². The van der Waals surface area contributed by atoms with E-state index in [9.17, 15) is 9.18 Å². The second-order valence-corrected chi connectivity index (χ2v) is 2.99. The van der Waals surface area contributed by atoms with Gasteiger partial charge in [0, 0.05) is 13.6 Å². The Morgan fingerprint density at radius 1 is 1.67 bits per heavy atom. The van der Waals surface area contributed by atoms with Crippen LogP contribution in [0.1, 0.15) is 12.8 Å². The maximum atomic E-state index is 12.6. The molecule has 0 radical (unpaired) electrons. The maximum absolute atomic E-state index is 12.6. The average molecular weight is 176 g/mol. The minimum atomic E-state index is -0.982. The van der Waals surface area contributed by atoms with E-state index in [-0.39, 0.29) is 12.7 Å². The van der Waals surface area contributed by atoms with Crippen LogP contribution in [-0.4, -0.2) is 42.0 Å². The van der Waals surface area contributed by atoms with Crippen LogP contribution in [0.5, 0.6) is 0 Å². The Morgan fingerprint density at radius 3 is 2.75 bits per heavy atom. The summed E-state index contributed by atoms with van der Waals surface area (Å²) in [5.74, 6) is 0. The summed E-state index contributed by atoms with van der Waals surface area (Å²) < 4.78 is 12.6. The van der Waals surface area contributed by atoms with Crippen molar-refractivity contribution in [1.82, 2.24) is 10.2 Å². The molecule has 2 N–H and O–H groups in total. The van der Waals surface area contributed by atoms with Crippen LogP contribution in [0.15, 0.2) is 0 Å². The van der Waals surface area contributed by atoms with Gasteiger partial charge in [-0.25, -0.2) is 9.18 Å². The summed E-state index contributed by atoms with van der Waals surface area (Å²) in [5, 5.41) is 11.4. The van der Waals surface area contributed by atoms with Gasteiger partial charge < -0.3 is 5.11 Å². The van der Waals surface area contributed by atoms with E-state index in [0.29, 0.717) is 12.8 Å². The van der Waals surface area contributed by atoms with Crippen molar-refractivity contribution in [2.45, 2.75) is 25.2 Å². The first-order valence-electron chi connectivity index (χ1n) is 3.94. The van der Waals surface area contributed by atoms with Crippen molar-refractivity contribution in [3.63, 3.8) is 0 Å². The van der Waals surface area contributed by atoms with Crippen LogP contribution in [0.2, 0.25) is 0 Å². The summed E-state index contributed by atoms with van der Waals surface area (Å²) in [7, 11) is 1.48. The Hall–Kier alpha value is -0.840. The standard InChI is InChI=1S/C7H13FN2O2/c1-10(7(11)12)6-3-2-5(8)4-9-6/h5-6,9H,2-4H2,1H3,(H,11,12). The lowest BCUT2D eigenvalue weighted by Gasteiger charge is -2.31. The molecule has 70 valence electrons. The molecule has 1 rings (SSSR count). The van der Waals surface area contributed by atoms with E-state index in [1.54, 1.807) is 0 Å². The molecular formula is C7H13FN2O2. The van der Waals surface area contributed by atoms with Crippen molar-refractivity contribution in [1.29, 1.82) is 0 Å². The molecule has 0 aromatic heterocycles. The van der Waals surface area contributed by atoms with Gasteiger partial charge >= 0.3 is 6.09 Å². The molecule has 12 heavy (non-hydrogen) atoms. The molecule has 5 heteroatoms. The minimum absolute atomic E-state index is 0.227. The molecule has 0 aromatic carbocycles. The quantitative estimate of drug-likeness (QED) is 0.616. The number of rotatable bonds is 1. The number of alkyl halides is 1. The van der Waals surface area contributed by atoms with Crippen LogP contribution >= 0.6 is 0 Å². The second kappa shape index (κ2) is 3.71. The number of amides is 1. The van der Waals surface area contributed by atoms with Gasteiger partial charge in [-0.05, 0) is 12.8 Å². The van der Waals surface area contributed by atoms with Gasteiger partial charge in [-0.1, -0.05) is 0 Å². The predicted octanol–water partition coefficient (Wildman–Crippen LogP) is 0.644. The highest BCUT2D eigenvalue weighted by Crippen LogP contribution is 2.12. The third kappa shape index (κ3) is 2.07. The molecule has 2 unspecified atom stereocenters. The fourth-order valence-corrected chi connectivity index (χ4v) is 1.27. The molecule has 4 nitrogen and oxygen atoms in total. The maximum Gasteiger partial charge on any atom is 0.408 e. The number of piperidine rings is 1. The SMILES string of the molecule is CN(C(=O)O)C1CCC(F)CN1. The molecule has 0 aliphatic carbocycles. The third-order valence-electron chi connectivity index (χ3n) is 2.10. The van der Waals surface area contributed by atoms with Crippen molar-refractivity contribution >= 4 is 6.09 Å². The zero-order valence-electron chi connectivity index (χ0n) is 6.96. The highest BCUT2D eigenvalue weighted by atomic mass is 19.1. The van der Waals surface area contributed by atoms with Crippen molar-refractivity contribution < 1.29 is 14.3 Å². The fourth-order valence-electron chi connectivity index (χ4n) is 1.27. The van der Waals surface area contributed by atoms with E-state index in [4.69, 9.17) is 5.11 Å². The molecular weight excluding hydrogens is 163 g/mol. The van der Waals surface area contributed by atoms with Crippen molar-refractivity contribution in [3.8, 4) is 0 Å². The first-order chi connectivity index (χ1) is 5.61. The number of hydrogen-bond acceptors (Lipinski definition) is 2. The molecule has 0 spiro atoms. The van der Waals surface area contributed by atoms with Gasteiger partial charge in [0.05, 0.1) is 6.17 Å². The molecule has 1 heterocycles. The lowest BCUT2D eigenvalue weighted by atomic mass is 10.1. The number of nitrogens with one attached hydrogen (secondary N) is 1. The predicted molar refractivity (Wildman–Crippen MR) is 41.7 cm³/mol. The monoisotopic (exact) mass is 176 g/mol. The molecule has 2 atom stereocenters. The van der Waals surface area contributed by atoms with Crippen LogP contribution in [0, 0.1) is 0 Å². The second-order valence-electron chi connectivity index (χ2n) is 2.99. The van der Waals surface area contributed by atoms with E-state index in [1.807, 2.05) is 0 Å². The Labute approximate surface area is 70.4 Å². The van der Waals surface area contributed by atoms with Gasteiger partial charge in [0.15, 0.2) is 0 Å². The summed E-state index contributed by atoms with van der Waals surface area (Å²) in [6.07, 6.45) is -1.05. The molecule has 1 saturated heterocycles. The van der Waals surface area contributed by atoms with E-state index < -0.39 is 12.3 Å². The van der Waals surface area contributed by atoms with Crippen LogP contribution in [0.25, 0.3) is 0 Å². The molecule has 1 fully saturated rings. The van der Waals surface area contributed by atoms with Gasteiger partial charge in [0.1, 0.15) is 6.17 Å². The minimum Gasteiger partial charge on any atom is -0.465 e. The lowest BCUT2D eigenvalue weighted by Crippen LogP contribution is -2.51. The molecule has 1 amide bonds. The summed E-state index contributed by atoms with van der Waals surface area (Å²) in [5.41, 5.74) is 0. The van der Waals surface area contributed by atoms with Gasteiger partial charge in [0.2, 0.25) is 0 Å². The molecule has 1 aliphatic heterocycles. The van der Waals surface area contributed by atoms with E-state index in [2.05, 4.69) is 5.32 Å². The Morgan fingerprint density at radius 2 is 2.33 bits per heavy atom. The highest BCUT2D eigenvalue weighted by molar-refractivity contribution is 5.64. The topological polar surface area (TPSA) is 52.6 Å².